The summed E-state index contributed by atoms with van der Waals surface area (Å²) >= 11 is 1.29. The topological polar surface area (TPSA) is 114 Å². The molecule has 0 spiro atoms. The molecule has 0 saturated heterocycles. The number of aromatic nitrogens is 1. The van der Waals surface area contributed by atoms with Crippen molar-refractivity contribution < 1.29 is 14.5 Å². The van der Waals surface area contributed by atoms with Crippen molar-refractivity contribution in [1.82, 2.24) is 4.98 Å². The van der Waals surface area contributed by atoms with Crippen LogP contribution in [0.5, 0.6) is 0 Å². The predicted octanol–water partition coefficient (Wildman–Crippen LogP) is 3.56. The molecule has 0 aliphatic carbocycles. The highest BCUT2D eigenvalue weighted by molar-refractivity contribution is 7.13. The van der Waals surface area contributed by atoms with Gasteiger partial charge in [0, 0.05) is 28.9 Å². The Balaban J connectivity index is 1.78. The maximum atomic E-state index is 12.4. The summed E-state index contributed by atoms with van der Waals surface area (Å²) in [6, 6.07) is 11.9. The molecule has 3 rings (SSSR count). The van der Waals surface area contributed by atoms with Crippen molar-refractivity contribution in [3.63, 3.8) is 0 Å². The Hall–Kier alpha value is -3.59. The number of nitro groups is 1. The van der Waals surface area contributed by atoms with Gasteiger partial charge in [0.05, 0.1) is 4.92 Å². The van der Waals surface area contributed by atoms with Crippen LogP contribution in [0.2, 0.25) is 0 Å². The highest BCUT2D eigenvalue weighted by Crippen LogP contribution is 2.20. The van der Waals surface area contributed by atoms with Crippen molar-refractivity contribution in [1.29, 1.82) is 0 Å². The first kappa shape index (κ1) is 17.2. The second-order valence-electron chi connectivity index (χ2n) is 5.10. The van der Waals surface area contributed by atoms with E-state index in [0.717, 1.165) is 0 Å². The zero-order valence-electron chi connectivity index (χ0n) is 13.2. The van der Waals surface area contributed by atoms with Gasteiger partial charge in [0.2, 0.25) is 0 Å². The minimum absolute atomic E-state index is 0.0601. The number of hydrogen-bond acceptors (Lipinski definition) is 6. The third-order valence-corrected chi connectivity index (χ3v) is 4.07. The highest BCUT2D eigenvalue weighted by Gasteiger charge is 2.19. The lowest BCUT2D eigenvalue weighted by Crippen LogP contribution is -2.15. The first-order valence-corrected chi connectivity index (χ1v) is 8.28. The Morgan fingerprint density at radius 2 is 1.85 bits per heavy atom. The normalized spacial score (nSPS) is 10.2. The third kappa shape index (κ3) is 3.90. The number of thiazole rings is 1. The van der Waals surface area contributed by atoms with Crippen LogP contribution in [0.25, 0.3) is 0 Å². The Labute approximate surface area is 151 Å². The summed E-state index contributed by atoms with van der Waals surface area (Å²) in [6.45, 7) is 0. The minimum Gasteiger partial charge on any atom is -0.322 e. The van der Waals surface area contributed by atoms with E-state index in [1.807, 2.05) is 0 Å². The number of rotatable bonds is 5. The number of benzene rings is 2. The van der Waals surface area contributed by atoms with E-state index in [1.165, 1.54) is 35.6 Å². The van der Waals surface area contributed by atoms with E-state index in [-0.39, 0.29) is 17.2 Å². The Bertz CT molecular complexity index is 972. The van der Waals surface area contributed by atoms with Crippen LogP contribution in [0, 0.1) is 10.1 Å². The zero-order valence-corrected chi connectivity index (χ0v) is 14.0. The Morgan fingerprint density at radius 3 is 2.58 bits per heavy atom. The molecule has 0 radical (unpaired) electrons. The quantitative estimate of drug-likeness (QED) is 0.528. The van der Waals surface area contributed by atoms with E-state index in [2.05, 4.69) is 15.6 Å². The van der Waals surface area contributed by atoms with Crippen LogP contribution in [0.1, 0.15) is 20.7 Å². The molecule has 0 aliphatic rings. The molecular formula is C17H12N4O4S. The summed E-state index contributed by atoms with van der Waals surface area (Å²) in [7, 11) is 0. The van der Waals surface area contributed by atoms with Crippen molar-refractivity contribution in [2.75, 3.05) is 10.6 Å². The minimum atomic E-state index is -0.630. The van der Waals surface area contributed by atoms with Gasteiger partial charge in [0.15, 0.2) is 5.13 Å². The third-order valence-electron chi connectivity index (χ3n) is 3.38. The van der Waals surface area contributed by atoms with E-state index >= 15 is 0 Å². The van der Waals surface area contributed by atoms with Crippen LogP contribution < -0.4 is 10.6 Å². The van der Waals surface area contributed by atoms with E-state index in [0.29, 0.717) is 16.4 Å². The molecule has 1 heterocycles. The molecule has 1 aromatic heterocycles. The smallest absolute Gasteiger partial charge is 0.282 e. The molecule has 2 N–H and O–H groups in total. The maximum Gasteiger partial charge on any atom is 0.282 e. The first-order chi connectivity index (χ1) is 12.5. The summed E-state index contributed by atoms with van der Waals surface area (Å²) in [5, 5.41) is 18.5. The SMILES string of the molecule is O=C(Nc1nccs1)c1cccc(NC(=O)c2ccccc2[N+](=O)[O-])c1. The molecule has 2 aromatic carbocycles. The van der Waals surface area contributed by atoms with Crippen molar-refractivity contribution in [3.8, 4) is 0 Å². The zero-order chi connectivity index (χ0) is 18.5. The van der Waals surface area contributed by atoms with E-state index < -0.39 is 10.8 Å². The summed E-state index contributed by atoms with van der Waals surface area (Å²) in [5.74, 6) is -1.00. The van der Waals surface area contributed by atoms with Gasteiger partial charge in [-0.25, -0.2) is 4.98 Å². The van der Waals surface area contributed by atoms with Crippen LogP contribution in [0.15, 0.2) is 60.1 Å². The molecule has 0 atom stereocenters. The Kier molecular flexibility index (Phi) is 4.99. The summed E-state index contributed by atoms with van der Waals surface area (Å²) in [4.78, 5) is 39.0. The maximum absolute atomic E-state index is 12.4. The van der Waals surface area contributed by atoms with Gasteiger partial charge in [0.25, 0.3) is 17.5 Å². The summed E-state index contributed by atoms with van der Waals surface area (Å²) in [6.07, 6.45) is 1.57. The van der Waals surface area contributed by atoms with E-state index in [4.69, 9.17) is 0 Å². The monoisotopic (exact) mass is 368 g/mol. The molecule has 0 aliphatic heterocycles. The van der Waals surface area contributed by atoms with E-state index in [9.17, 15) is 19.7 Å². The number of hydrogen-bond donors (Lipinski definition) is 2. The molecule has 130 valence electrons. The number of nitro benzene ring substituents is 1. The van der Waals surface area contributed by atoms with Gasteiger partial charge in [-0.3, -0.25) is 25.0 Å². The predicted molar refractivity (Wildman–Crippen MR) is 97.6 cm³/mol. The largest absolute Gasteiger partial charge is 0.322 e. The lowest BCUT2D eigenvalue weighted by molar-refractivity contribution is -0.385. The van der Waals surface area contributed by atoms with Gasteiger partial charge < -0.3 is 5.32 Å². The highest BCUT2D eigenvalue weighted by atomic mass is 32.1. The summed E-state index contributed by atoms with van der Waals surface area (Å²) in [5.41, 5.74) is 0.318. The second kappa shape index (κ2) is 7.53. The van der Waals surface area contributed by atoms with Gasteiger partial charge in [-0.1, -0.05) is 18.2 Å². The van der Waals surface area contributed by atoms with Crippen molar-refractivity contribution >= 4 is 39.7 Å². The Morgan fingerprint density at radius 1 is 1.04 bits per heavy atom. The molecule has 0 saturated carbocycles. The van der Waals surface area contributed by atoms with Crippen molar-refractivity contribution in [3.05, 3.63) is 81.3 Å². The second-order valence-corrected chi connectivity index (χ2v) is 6.00. The first-order valence-electron chi connectivity index (χ1n) is 7.40. The molecule has 0 fully saturated rings. The van der Waals surface area contributed by atoms with Gasteiger partial charge in [-0.2, -0.15) is 0 Å². The fraction of sp³-hybridized carbons (Fsp3) is 0. The average Bonchev–Trinajstić information content (AvgIpc) is 3.15. The van der Waals surface area contributed by atoms with Crippen LogP contribution in [0.3, 0.4) is 0 Å². The van der Waals surface area contributed by atoms with Gasteiger partial charge in [-0.05, 0) is 24.3 Å². The number of nitrogens with one attached hydrogen (secondary N) is 2. The number of nitrogens with zero attached hydrogens (tertiary/aromatic N) is 2. The lowest BCUT2D eigenvalue weighted by Gasteiger charge is -2.08. The number of para-hydroxylation sites is 1. The number of anilines is 2. The molecule has 9 heteroatoms. The van der Waals surface area contributed by atoms with Crippen LogP contribution in [0.4, 0.5) is 16.5 Å². The lowest BCUT2D eigenvalue weighted by atomic mass is 10.1. The van der Waals surface area contributed by atoms with Gasteiger partial charge >= 0.3 is 0 Å². The summed E-state index contributed by atoms with van der Waals surface area (Å²) < 4.78 is 0. The molecular weight excluding hydrogens is 356 g/mol. The molecule has 3 aromatic rings. The molecule has 2 amide bonds. The molecule has 0 unspecified atom stereocenters. The fourth-order valence-electron chi connectivity index (χ4n) is 2.22. The van der Waals surface area contributed by atoms with Crippen LogP contribution in [-0.4, -0.2) is 21.7 Å². The molecule has 0 bridgehead atoms. The average molecular weight is 368 g/mol. The molecule has 26 heavy (non-hydrogen) atoms. The molecule has 8 nitrogen and oxygen atoms in total. The van der Waals surface area contributed by atoms with Gasteiger partial charge in [0.1, 0.15) is 5.56 Å². The standard InChI is InChI=1S/C17H12N4O4S/c22-15(20-17-18-8-9-26-17)11-4-3-5-12(10-11)19-16(23)13-6-1-2-7-14(13)21(24)25/h1-10H,(H,19,23)(H,18,20,22). The van der Waals surface area contributed by atoms with Crippen LogP contribution in [-0.2, 0) is 0 Å². The van der Waals surface area contributed by atoms with E-state index in [1.54, 1.807) is 35.8 Å². The number of amides is 2. The van der Waals surface area contributed by atoms with Crippen LogP contribution >= 0.6 is 11.3 Å². The number of carbonyl (C=O) groups is 2. The van der Waals surface area contributed by atoms with Gasteiger partial charge in [-0.15, -0.1) is 11.3 Å². The number of carbonyl (C=O) groups excluding carboxylic acids is 2. The van der Waals surface area contributed by atoms with Crippen molar-refractivity contribution in [2.24, 2.45) is 0 Å². The fourth-order valence-corrected chi connectivity index (χ4v) is 2.74. The van der Waals surface area contributed by atoms with Crippen molar-refractivity contribution in [2.45, 2.75) is 0 Å².